The molecule has 1 aliphatic rings. The van der Waals surface area contributed by atoms with Crippen molar-refractivity contribution in [2.24, 2.45) is 11.3 Å². The number of rotatable bonds is 3. The van der Waals surface area contributed by atoms with Crippen molar-refractivity contribution < 1.29 is 4.79 Å². The molecule has 1 aliphatic carbocycles. The third-order valence-corrected chi connectivity index (χ3v) is 6.56. The second-order valence-electron chi connectivity index (χ2n) is 8.00. The maximum absolute atomic E-state index is 12.3. The summed E-state index contributed by atoms with van der Waals surface area (Å²) >= 11 is 7.42. The number of hydrogen-bond acceptors (Lipinski definition) is 3. The van der Waals surface area contributed by atoms with Crippen LogP contribution in [0.4, 0.5) is 5.00 Å². The Morgan fingerprint density at radius 1 is 1.33 bits per heavy atom. The van der Waals surface area contributed by atoms with E-state index in [0.717, 1.165) is 30.4 Å². The molecule has 0 radical (unpaired) electrons. The monoisotopic (exact) mass is 398 g/mol. The molecule has 3 nitrogen and oxygen atoms in total. The average Bonchev–Trinajstić information content (AvgIpc) is 2.96. The summed E-state index contributed by atoms with van der Waals surface area (Å²) in [5, 5.41) is 13.8. The molecule has 2 aromatic rings. The minimum Gasteiger partial charge on any atom is -0.313 e. The van der Waals surface area contributed by atoms with E-state index in [2.05, 4.69) is 32.2 Å². The molecule has 0 saturated heterocycles. The third-order valence-electron chi connectivity index (χ3n) is 5.14. The second kappa shape index (κ2) is 7.88. The highest BCUT2D eigenvalue weighted by Gasteiger charge is 2.32. The second-order valence-corrected chi connectivity index (χ2v) is 9.54. The molecule has 0 fully saturated rings. The standard InChI is InChI=1S/C22H23ClN2OS/c1-22(2,3)15-7-10-17-18(13-24)21(27-19(17)12-15)25-20(26)11-6-14-4-8-16(23)9-5-14/h4-6,8-9,11,15H,7,10,12H2,1-3H3,(H,25,26)/b11-6+. The fourth-order valence-electron chi connectivity index (χ4n) is 3.43. The number of benzene rings is 1. The molecule has 0 saturated carbocycles. The van der Waals surface area contributed by atoms with Gasteiger partial charge in [-0.15, -0.1) is 11.3 Å². The van der Waals surface area contributed by atoms with Gasteiger partial charge in [-0.25, -0.2) is 0 Å². The number of anilines is 1. The molecule has 1 amide bonds. The summed E-state index contributed by atoms with van der Waals surface area (Å²) < 4.78 is 0. The number of amides is 1. The Hall–Kier alpha value is -2.09. The normalized spacial score (nSPS) is 16.8. The predicted molar refractivity (Wildman–Crippen MR) is 113 cm³/mol. The Balaban J connectivity index is 1.76. The summed E-state index contributed by atoms with van der Waals surface area (Å²) in [6.07, 6.45) is 6.20. The summed E-state index contributed by atoms with van der Waals surface area (Å²) in [6.45, 7) is 6.81. The van der Waals surface area contributed by atoms with Gasteiger partial charge in [0.1, 0.15) is 11.1 Å². The zero-order valence-corrected chi connectivity index (χ0v) is 17.4. The van der Waals surface area contributed by atoms with E-state index >= 15 is 0 Å². The minimum absolute atomic E-state index is 0.229. The molecule has 1 heterocycles. The van der Waals surface area contributed by atoms with Gasteiger partial charge in [-0.1, -0.05) is 44.5 Å². The van der Waals surface area contributed by atoms with Crippen LogP contribution in [0.5, 0.6) is 0 Å². The molecule has 0 aliphatic heterocycles. The van der Waals surface area contributed by atoms with Gasteiger partial charge in [0.15, 0.2) is 0 Å². The van der Waals surface area contributed by atoms with Crippen LogP contribution in [-0.4, -0.2) is 5.91 Å². The molecule has 1 aromatic carbocycles. The third kappa shape index (κ3) is 4.61. The largest absolute Gasteiger partial charge is 0.313 e. The van der Waals surface area contributed by atoms with E-state index in [1.54, 1.807) is 29.5 Å². The van der Waals surface area contributed by atoms with Gasteiger partial charge in [0.05, 0.1) is 5.56 Å². The molecule has 0 bridgehead atoms. The molecule has 1 aromatic heterocycles. The predicted octanol–water partition coefficient (Wildman–Crippen LogP) is 6.08. The Morgan fingerprint density at radius 3 is 2.67 bits per heavy atom. The van der Waals surface area contributed by atoms with E-state index in [4.69, 9.17) is 11.6 Å². The molecule has 1 N–H and O–H groups in total. The molecule has 3 rings (SSSR count). The molecular weight excluding hydrogens is 376 g/mol. The highest BCUT2D eigenvalue weighted by atomic mass is 35.5. The molecule has 5 heteroatoms. The van der Waals surface area contributed by atoms with Crippen molar-refractivity contribution in [1.29, 1.82) is 5.26 Å². The van der Waals surface area contributed by atoms with Crippen LogP contribution in [0, 0.1) is 22.7 Å². The number of nitriles is 1. The molecule has 27 heavy (non-hydrogen) atoms. The summed E-state index contributed by atoms with van der Waals surface area (Å²) in [7, 11) is 0. The van der Waals surface area contributed by atoms with Crippen LogP contribution in [0.1, 0.15) is 48.8 Å². The maximum atomic E-state index is 12.3. The number of nitrogens with one attached hydrogen (secondary N) is 1. The zero-order valence-electron chi connectivity index (χ0n) is 15.8. The van der Waals surface area contributed by atoms with E-state index < -0.39 is 0 Å². The molecule has 0 spiro atoms. The average molecular weight is 399 g/mol. The Bertz CT molecular complexity index is 914. The number of carbonyl (C=O) groups is 1. The summed E-state index contributed by atoms with van der Waals surface area (Å²) in [6, 6.07) is 9.57. The summed E-state index contributed by atoms with van der Waals surface area (Å²) in [5.74, 6) is 0.371. The van der Waals surface area contributed by atoms with Gasteiger partial charge in [0.25, 0.3) is 0 Å². The first-order valence-corrected chi connectivity index (χ1v) is 10.3. The van der Waals surface area contributed by atoms with Crippen molar-refractivity contribution >= 4 is 39.9 Å². The van der Waals surface area contributed by atoms with Gasteiger partial charge in [0, 0.05) is 16.0 Å². The Labute approximate surface area is 169 Å². The Morgan fingerprint density at radius 2 is 2.04 bits per heavy atom. The maximum Gasteiger partial charge on any atom is 0.249 e. The lowest BCUT2D eigenvalue weighted by Crippen LogP contribution is -2.26. The highest BCUT2D eigenvalue weighted by Crippen LogP contribution is 2.43. The van der Waals surface area contributed by atoms with Crippen molar-refractivity contribution in [1.82, 2.24) is 0 Å². The summed E-state index contributed by atoms with van der Waals surface area (Å²) in [4.78, 5) is 13.6. The van der Waals surface area contributed by atoms with Crippen LogP contribution in [-0.2, 0) is 17.6 Å². The number of fused-ring (bicyclic) bond motifs is 1. The van der Waals surface area contributed by atoms with Gasteiger partial charge >= 0.3 is 0 Å². The van der Waals surface area contributed by atoms with Crippen molar-refractivity contribution in [3.63, 3.8) is 0 Å². The van der Waals surface area contributed by atoms with Crippen LogP contribution >= 0.6 is 22.9 Å². The van der Waals surface area contributed by atoms with E-state index in [0.29, 0.717) is 21.5 Å². The summed E-state index contributed by atoms with van der Waals surface area (Å²) in [5.41, 5.74) is 2.91. The minimum atomic E-state index is -0.229. The van der Waals surface area contributed by atoms with E-state index in [9.17, 15) is 10.1 Å². The van der Waals surface area contributed by atoms with Gasteiger partial charge < -0.3 is 5.32 Å². The first-order chi connectivity index (χ1) is 12.8. The van der Waals surface area contributed by atoms with Crippen LogP contribution in [0.2, 0.25) is 5.02 Å². The van der Waals surface area contributed by atoms with E-state index in [1.807, 2.05) is 12.1 Å². The quantitative estimate of drug-likeness (QED) is 0.637. The van der Waals surface area contributed by atoms with E-state index in [1.165, 1.54) is 11.0 Å². The van der Waals surface area contributed by atoms with Crippen molar-refractivity contribution in [2.75, 3.05) is 5.32 Å². The van der Waals surface area contributed by atoms with Crippen LogP contribution < -0.4 is 5.32 Å². The number of halogens is 1. The first-order valence-electron chi connectivity index (χ1n) is 9.07. The number of thiophene rings is 1. The van der Waals surface area contributed by atoms with Crippen LogP contribution in [0.3, 0.4) is 0 Å². The van der Waals surface area contributed by atoms with Crippen LogP contribution in [0.15, 0.2) is 30.3 Å². The number of hydrogen-bond donors (Lipinski definition) is 1. The van der Waals surface area contributed by atoms with Gasteiger partial charge in [0.2, 0.25) is 5.91 Å². The number of carbonyl (C=O) groups excluding carboxylic acids is 1. The molecule has 1 unspecified atom stereocenters. The van der Waals surface area contributed by atoms with Crippen molar-refractivity contribution in [2.45, 2.75) is 40.0 Å². The van der Waals surface area contributed by atoms with Gasteiger partial charge in [-0.05, 0) is 59.9 Å². The van der Waals surface area contributed by atoms with Gasteiger partial charge in [-0.2, -0.15) is 5.26 Å². The smallest absolute Gasteiger partial charge is 0.249 e. The lowest BCUT2D eigenvalue weighted by Gasteiger charge is -2.33. The van der Waals surface area contributed by atoms with Crippen LogP contribution in [0.25, 0.3) is 6.08 Å². The first kappa shape index (κ1) is 19.7. The lowest BCUT2D eigenvalue weighted by molar-refractivity contribution is -0.111. The van der Waals surface area contributed by atoms with Crippen molar-refractivity contribution in [3.8, 4) is 6.07 Å². The molecular formula is C22H23ClN2OS. The highest BCUT2D eigenvalue weighted by molar-refractivity contribution is 7.16. The molecule has 140 valence electrons. The SMILES string of the molecule is CC(C)(C)C1CCc2c(sc(NC(=O)/C=C/c3ccc(Cl)cc3)c2C#N)C1. The zero-order chi connectivity index (χ0) is 19.6. The topological polar surface area (TPSA) is 52.9 Å². The van der Waals surface area contributed by atoms with Gasteiger partial charge in [-0.3, -0.25) is 4.79 Å². The lowest BCUT2D eigenvalue weighted by atomic mass is 9.72. The fourth-order valence-corrected chi connectivity index (χ4v) is 4.84. The van der Waals surface area contributed by atoms with Crippen molar-refractivity contribution in [3.05, 3.63) is 56.9 Å². The number of nitrogens with zero attached hydrogens (tertiary/aromatic N) is 1. The molecule has 1 atom stereocenters. The Kier molecular flexibility index (Phi) is 5.74. The fraction of sp³-hybridized carbons (Fsp3) is 0.364. The van der Waals surface area contributed by atoms with E-state index in [-0.39, 0.29) is 11.3 Å².